The standard InChI is InChI=1S/C23H26N2O3S2/c1-6-28-20(26)13-25-19-11-15(4)10-16(5)21(19)30-23(25)24-22(27)17-8-7-9-18(12-17)29-14(2)3/h7-12,14H,6,13H2,1-5H3. The molecule has 0 saturated heterocycles. The van der Waals surface area contributed by atoms with Crippen LogP contribution in [0.4, 0.5) is 0 Å². The third-order valence-electron chi connectivity index (χ3n) is 4.36. The van der Waals surface area contributed by atoms with Gasteiger partial charge in [0, 0.05) is 15.7 Å². The van der Waals surface area contributed by atoms with Crippen LogP contribution in [0.5, 0.6) is 0 Å². The normalized spacial score (nSPS) is 12.0. The van der Waals surface area contributed by atoms with Gasteiger partial charge in [-0.15, -0.1) is 11.8 Å². The largest absolute Gasteiger partial charge is 0.465 e. The third kappa shape index (κ3) is 5.21. The Morgan fingerprint density at radius 1 is 1.20 bits per heavy atom. The zero-order valence-corrected chi connectivity index (χ0v) is 19.5. The van der Waals surface area contributed by atoms with Crippen LogP contribution in [0.3, 0.4) is 0 Å². The van der Waals surface area contributed by atoms with Gasteiger partial charge < -0.3 is 9.30 Å². The van der Waals surface area contributed by atoms with Crippen molar-refractivity contribution in [2.45, 2.75) is 51.3 Å². The lowest BCUT2D eigenvalue weighted by Crippen LogP contribution is -2.23. The Kier molecular flexibility index (Phi) is 7.15. The van der Waals surface area contributed by atoms with Crippen molar-refractivity contribution < 1.29 is 14.3 Å². The molecule has 3 aromatic rings. The van der Waals surface area contributed by atoms with Gasteiger partial charge in [-0.1, -0.05) is 37.3 Å². The van der Waals surface area contributed by atoms with Gasteiger partial charge in [-0.3, -0.25) is 9.59 Å². The van der Waals surface area contributed by atoms with Crippen LogP contribution in [-0.2, 0) is 16.1 Å². The van der Waals surface area contributed by atoms with Crippen LogP contribution in [0.15, 0.2) is 46.3 Å². The lowest BCUT2D eigenvalue weighted by molar-refractivity contribution is -0.143. The van der Waals surface area contributed by atoms with Gasteiger partial charge in [0.05, 0.1) is 16.8 Å². The molecule has 2 aromatic carbocycles. The number of nitrogens with zero attached hydrogens (tertiary/aromatic N) is 2. The Bertz CT molecular complexity index is 1160. The van der Waals surface area contributed by atoms with Crippen LogP contribution in [0.2, 0.25) is 0 Å². The number of aromatic nitrogens is 1. The van der Waals surface area contributed by atoms with E-state index in [4.69, 9.17) is 4.74 Å². The molecule has 30 heavy (non-hydrogen) atoms. The van der Waals surface area contributed by atoms with Gasteiger partial charge in [0.15, 0.2) is 4.80 Å². The number of rotatable bonds is 6. The molecule has 1 aromatic heterocycles. The van der Waals surface area contributed by atoms with E-state index in [2.05, 4.69) is 24.9 Å². The van der Waals surface area contributed by atoms with E-state index in [0.29, 0.717) is 22.2 Å². The molecule has 158 valence electrons. The highest BCUT2D eigenvalue weighted by Gasteiger charge is 2.15. The minimum absolute atomic E-state index is 0.0199. The van der Waals surface area contributed by atoms with E-state index in [9.17, 15) is 9.59 Å². The lowest BCUT2D eigenvalue weighted by Gasteiger charge is -2.07. The molecular formula is C23H26N2O3S2. The monoisotopic (exact) mass is 442 g/mol. The fourth-order valence-corrected chi connectivity index (χ4v) is 5.19. The highest BCUT2D eigenvalue weighted by atomic mass is 32.2. The maximum atomic E-state index is 12.9. The number of hydrogen-bond acceptors (Lipinski definition) is 5. The van der Waals surface area contributed by atoms with E-state index < -0.39 is 0 Å². The first kappa shape index (κ1) is 22.3. The van der Waals surface area contributed by atoms with Gasteiger partial charge in [-0.25, -0.2) is 0 Å². The molecule has 0 saturated carbocycles. The Hall–Kier alpha value is -2.38. The van der Waals surface area contributed by atoms with Crippen LogP contribution >= 0.6 is 23.1 Å². The molecule has 0 radical (unpaired) electrons. The van der Waals surface area contributed by atoms with Crippen molar-refractivity contribution in [3.8, 4) is 0 Å². The van der Waals surface area contributed by atoms with Crippen molar-refractivity contribution in [3.63, 3.8) is 0 Å². The van der Waals surface area contributed by atoms with Crippen molar-refractivity contribution in [1.29, 1.82) is 0 Å². The number of carbonyl (C=O) groups excluding carboxylic acids is 2. The van der Waals surface area contributed by atoms with Gasteiger partial charge in [-0.05, 0) is 56.2 Å². The van der Waals surface area contributed by atoms with Crippen LogP contribution in [0.25, 0.3) is 10.2 Å². The van der Waals surface area contributed by atoms with Crippen LogP contribution in [-0.4, -0.2) is 28.3 Å². The SMILES string of the molecule is CCOC(=O)Cn1c(=NC(=O)c2cccc(SC(C)C)c2)sc2c(C)cc(C)cc21. The van der Waals surface area contributed by atoms with Crippen molar-refractivity contribution in [1.82, 2.24) is 4.57 Å². The number of aryl methyl sites for hydroxylation is 2. The zero-order valence-electron chi connectivity index (χ0n) is 17.9. The van der Waals surface area contributed by atoms with Crippen LogP contribution in [0.1, 0.15) is 42.3 Å². The number of hydrogen-bond donors (Lipinski definition) is 0. The highest BCUT2D eigenvalue weighted by molar-refractivity contribution is 7.99. The molecule has 3 rings (SSSR count). The fourth-order valence-electron chi connectivity index (χ4n) is 3.21. The molecule has 0 atom stereocenters. The average molecular weight is 443 g/mol. The van der Waals surface area contributed by atoms with E-state index in [1.54, 1.807) is 29.3 Å². The number of fused-ring (bicyclic) bond motifs is 1. The van der Waals surface area contributed by atoms with Gasteiger partial charge >= 0.3 is 5.97 Å². The molecule has 1 heterocycles. The smallest absolute Gasteiger partial charge is 0.326 e. The summed E-state index contributed by atoms with van der Waals surface area (Å²) in [5.74, 6) is -0.666. The quantitative estimate of drug-likeness (QED) is 0.392. The second kappa shape index (κ2) is 9.62. The maximum absolute atomic E-state index is 12.9. The van der Waals surface area contributed by atoms with Gasteiger partial charge in [-0.2, -0.15) is 4.99 Å². The molecule has 0 aliphatic carbocycles. The van der Waals surface area contributed by atoms with E-state index in [1.165, 1.54) is 11.3 Å². The second-order valence-electron chi connectivity index (χ2n) is 7.32. The number of thiazole rings is 1. The first-order valence-corrected chi connectivity index (χ1v) is 11.6. The predicted octanol–water partition coefficient (Wildman–Crippen LogP) is 5.12. The minimum atomic E-state index is -0.347. The van der Waals surface area contributed by atoms with Crippen molar-refractivity contribution in [3.05, 3.63) is 57.9 Å². The maximum Gasteiger partial charge on any atom is 0.326 e. The molecule has 0 spiro atoms. The summed E-state index contributed by atoms with van der Waals surface area (Å²) >= 11 is 3.12. The van der Waals surface area contributed by atoms with Crippen molar-refractivity contribution >= 4 is 45.2 Å². The molecule has 0 aliphatic rings. The molecule has 7 heteroatoms. The molecule has 0 unspecified atom stereocenters. The summed E-state index contributed by atoms with van der Waals surface area (Å²) in [6, 6.07) is 11.6. The molecule has 1 amide bonds. The summed E-state index contributed by atoms with van der Waals surface area (Å²) in [6.07, 6.45) is 0. The average Bonchev–Trinajstić information content (AvgIpc) is 2.99. The highest BCUT2D eigenvalue weighted by Crippen LogP contribution is 2.25. The van der Waals surface area contributed by atoms with E-state index in [0.717, 1.165) is 26.2 Å². The first-order chi connectivity index (χ1) is 14.3. The summed E-state index contributed by atoms with van der Waals surface area (Å²) in [4.78, 5) is 31.1. The Morgan fingerprint density at radius 3 is 2.67 bits per heavy atom. The summed E-state index contributed by atoms with van der Waals surface area (Å²) in [5.41, 5.74) is 3.61. The number of amides is 1. The number of ether oxygens (including phenoxy) is 1. The Morgan fingerprint density at radius 2 is 1.97 bits per heavy atom. The Labute approximate surface area is 184 Å². The first-order valence-electron chi connectivity index (χ1n) is 9.90. The molecule has 0 aliphatic heterocycles. The van der Waals surface area contributed by atoms with Crippen LogP contribution in [0, 0.1) is 13.8 Å². The van der Waals surface area contributed by atoms with Crippen molar-refractivity contribution in [2.24, 2.45) is 4.99 Å². The third-order valence-corrected chi connectivity index (χ3v) is 6.58. The second-order valence-corrected chi connectivity index (χ2v) is 9.94. The molecule has 0 N–H and O–H groups in total. The summed E-state index contributed by atoms with van der Waals surface area (Å²) in [7, 11) is 0. The number of esters is 1. The summed E-state index contributed by atoms with van der Waals surface area (Å²) in [6.45, 7) is 10.4. The zero-order chi connectivity index (χ0) is 21.8. The molecular weight excluding hydrogens is 416 g/mol. The van der Waals surface area contributed by atoms with Gasteiger partial charge in [0.1, 0.15) is 6.54 Å². The molecule has 0 bridgehead atoms. The number of thioether (sulfide) groups is 1. The minimum Gasteiger partial charge on any atom is -0.465 e. The van der Waals surface area contributed by atoms with E-state index in [-0.39, 0.29) is 18.4 Å². The Balaban J connectivity index is 2.09. The van der Waals surface area contributed by atoms with Crippen molar-refractivity contribution in [2.75, 3.05) is 6.61 Å². The van der Waals surface area contributed by atoms with Gasteiger partial charge in [0.2, 0.25) is 0 Å². The summed E-state index contributed by atoms with van der Waals surface area (Å²) < 4.78 is 7.93. The molecule has 0 fully saturated rings. The fraction of sp³-hybridized carbons (Fsp3) is 0.348. The number of carbonyl (C=O) groups is 2. The van der Waals surface area contributed by atoms with Crippen LogP contribution < -0.4 is 4.80 Å². The lowest BCUT2D eigenvalue weighted by atomic mass is 10.1. The predicted molar refractivity (Wildman–Crippen MR) is 123 cm³/mol. The summed E-state index contributed by atoms with van der Waals surface area (Å²) in [5, 5.41) is 0.424. The number of benzene rings is 2. The van der Waals surface area contributed by atoms with Gasteiger partial charge in [0.25, 0.3) is 5.91 Å². The van der Waals surface area contributed by atoms with E-state index >= 15 is 0 Å². The van der Waals surface area contributed by atoms with E-state index in [1.807, 2.05) is 38.1 Å². The molecule has 5 nitrogen and oxygen atoms in total. The topological polar surface area (TPSA) is 60.7 Å².